The molecule has 1 heterocycles. The molecule has 1 unspecified atom stereocenters. The Morgan fingerprint density at radius 2 is 2.35 bits per heavy atom. The fourth-order valence-corrected chi connectivity index (χ4v) is 2.44. The lowest BCUT2D eigenvalue weighted by atomic mass is 10.1. The van der Waals surface area contributed by atoms with Gasteiger partial charge in [-0.1, -0.05) is 6.92 Å². The second-order valence-electron chi connectivity index (χ2n) is 3.79. The van der Waals surface area contributed by atoms with Crippen LogP contribution < -0.4 is 0 Å². The lowest BCUT2D eigenvalue weighted by molar-refractivity contribution is 0.0738. The molecule has 0 aliphatic carbocycles. The quantitative estimate of drug-likeness (QED) is 0.811. The van der Waals surface area contributed by atoms with Crippen molar-refractivity contribution >= 4 is 17.7 Å². The van der Waals surface area contributed by atoms with Gasteiger partial charge in [-0.3, -0.25) is 9.78 Å². The average molecular weight is 256 g/mol. The first kappa shape index (κ1) is 14.0. The predicted molar refractivity (Wildman–Crippen MR) is 68.7 cm³/mol. The zero-order chi connectivity index (χ0) is 12.8. The molecule has 94 valence electrons. The van der Waals surface area contributed by atoms with Crippen molar-refractivity contribution < 1.29 is 9.18 Å². The lowest BCUT2D eigenvalue weighted by Gasteiger charge is -2.26. The molecular weight excluding hydrogens is 239 g/mol. The predicted octanol–water partition coefficient (Wildman–Crippen LogP) is 2.43. The first-order valence-corrected chi connectivity index (χ1v) is 6.86. The Hall–Kier alpha value is -1.10. The van der Waals surface area contributed by atoms with Crippen LogP contribution in [0.15, 0.2) is 18.5 Å². The number of pyridine rings is 1. The van der Waals surface area contributed by atoms with Crippen LogP contribution in [0.25, 0.3) is 0 Å². The number of hydrogen-bond donors (Lipinski definition) is 0. The molecule has 1 rings (SSSR count). The van der Waals surface area contributed by atoms with Crippen molar-refractivity contribution in [3.63, 3.8) is 0 Å². The third-order valence-electron chi connectivity index (χ3n) is 2.70. The fraction of sp³-hybridized carbons (Fsp3) is 0.500. The minimum atomic E-state index is -0.566. The van der Waals surface area contributed by atoms with Crippen molar-refractivity contribution in [1.29, 1.82) is 0 Å². The van der Waals surface area contributed by atoms with Crippen molar-refractivity contribution in [2.75, 3.05) is 19.1 Å². The van der Waals surface area contributed by atoms with Crippen molar-refractivity contribution in [1.82, 2.24) is 9.88 Å². The maximum Gasteiger partial charge on any atom is 0.256 e. The Labute approximate surface area is 105 Å². The summed E-state index contributed by atoms with van der Waals surface area (Å²) in [7, 11) is 1.71. The first-order valence-electron chi connectivity index (χ1n) is 5.47. The van der Waals surface area contributed by atoms with E-state index in [0.717, 1.165) is 18.4 Å². The molecule has 1 amide bonds. The number of carbonyl (C=O) groups is 1. The molecule has 1 atom stereocenters. The summed E-state index contributed by atoms with van der Waals surface area (Å²) in [5, 5.41) is 0. The normalized spacial score (nSPS) is 12.2. The number of hydrogen-bond acceptors (Lipinski definition) is 3. The maximum atomic E-state index is 13.4. The van der Waals surface area contributed by atoms with Crippen LogP contribution in [0.1, 0.15) is 23.7 Å². The van der Waals surface area contributed by atoms with E-state index in [1.165, 1.54) is 12.3 Å². The summed E-state index contributed by atoms with van der Waals surface area (Å²) in [6.45, 7) is 2.02. The fourth-order valence-electron chi connectivity index (χ4n) is 1.60. The number of nitrogens with zero attached hydrogens (tertiary/aromatic N) is 2. The molecule has 0 saturated heterocycles. The van der Waals surface area contributed by atoms with Crippen LogP contribution in [-0.2, 0) is 0 Å². The van der Waals surface area contributed by atoms with Crippen LogP contribution >= 0.6 is 11.8 Å². The SMILES string of the molecule is CCC(CSC)N(C)C(=O)c1ccncc1F. The van der Waals surface area contributed by atoms with E-state index in [1.54, 1.807) is 23.7 Å². The number of thioether (sulfide) groups is 1. The van der Waals surface area contributed by atoms with Gasteiger partial charge in [0.2, 0.25) is 0 Å². The summed E-state index contributed by atoms with van der Waals surface area (Å²) in [6, 6.07) is 1.55. The molecule has 0 aromatic carbocycles. The summed E-state index contributed by atoms with van der Waals surface area (Å²) in [5.74, 6) is -0.0000130. The van der Waals surface area contributed by atoms with Gasteiger partial charge in [-0.05, 0) is 18.7 Å². The number of carbonyl (C=O) groups excluding carboxylic acids is 1. The molecule has 3 nitrogen and oxygen atoms in total. The highest BCUT2D eigenvalue weighted by molar-refractivity contribution is 7.98. The molecule has 1 aromatic rings. The van der Waals surface area contributed by atoms with Crippen LogP contribution in [0.5, 0.6) is 0 Å². The lowest BCUT2D eigenvalue weighted by Crippen LogP contribution is -2.38. The van der Waals surface area contributed by atoms with Gasteiger partial charge in [-0.25, -0.2) is 4.39 Å². The Morgan fingerprint density at radius 3 is 2.88 bits per heavy atom. The van der Waals surface area contributed by atoms with Crippen molar-refractivity contribution in [2.24, 2.45) is 0 Å². The van der Waals surface area contributed by atoms with Crippen LogP contribution in [0.3, 0.4) is 0 Å². The molecule has 0 spiro atoms. The minimum Gasteiger partial charge on any atom is -0.338 e. The van der Waals surface area contributed by atoms with Gasteiger partial charge >= 0.3 is 0 Å². The summed E-state index contributed by atoms with van der Waals surface area (Å²) in [6.07, 6.45) is 5.35. The first-order chi connectivity index (χ1) is 8.11. The molecule has 0 aliphatic heterocycles. The van der Waals surface area contributed by atoms with E-state index >= 15 is 0 Å². The zero-order valence-corrected chi connectivity index (χ0v) is 11.1. The second kappa shape index (κ2) is 6.59. The van der Waals surface area contributed by atoms with Gasteiger partial charge in [0.1, 0.15) is 0 Å². The molecule has 0 aliphatic rings. The number of rotatable bonds is 5. The van der Waals surface area contributed by atoms with Gasteiger partial charge in [0.15, 0.2) is 5.82 Å². The van der Waals surface area contributed by atoms with E-state index in [2.05, 4.69) is 4.98 Å². The topological polar surface area (TPSA) is 33.2 Å². The van der Waals surface area contributed by atoms with Crippen LogP contribution in [0.2, 0.25) is 0 Å². The molecule has 0 bridgehead atoms. The zero-order valence-electron chi connectivity index (χ0n) is 10.3. The van der Waals surface area contributed by atoms with Gasteiger partial charge in [-0.2, -0.15) is 11.8 Å². The summed E-state index contributed by atoms with van der Waals surface area (Å²) < 4.78 is 13.4. The van der Waals surface area contributed by atoms with E-state index in [9.17, 15) is 9.18 Å². The van der Waals surface area contributed by atoms with E-state index in [1.807, 2.05) is 13.2 Å². The third kappa shape index (κ3) is 3.43. The highest BCUT2D eigenvalue weighted by Gasteiger charge is 2.21. The maximum absolute atomic E-state index is 13.4. The van der Waals surface area contributed by atoms with Gasteiger partial charge < -0.3 is 4.90 Å². The number of halogens is 1. The van der Waals surface area contributed by atoms with Crippen LogP contribution in [0, 0.1) is 5.82 Å². The monoisotopic (exact) mass is 256 g/mol. The number of aromatic nitrogens is 1. The van der Waals surface area contributed by atoms with E-state index < -0.39 is 5.82 Å². The Bertz CT molecular complexity index is 387. The largest absolute Gasteiger partial charge is 0.338 e. The minimum absolute atomic E-state index is 0.0852. The molecule has 0 radical (unpaired) electrons. The molecule has 0 saturated carbocycles. The molecule has 0 fully saturated rings. The molecule has 5 heteroatoms. The van der Waals surface area contributed by atoms with Gasteiger partial charge in [-0.15, -0.1) is 0 Å². The Morgan fingerprint density at radius 1 is 1.65 bits per heavy atom. The highest BCUT2D eigenvalue weighted by atomic mass is 32.2. The third-order valence-corrected chi connectivity index (χ3v) is 3.42. The Balaban J connectivity index is 2.85. The van der Waals surface area contributed by atoms with Gasteiger partial charge in [0, 0.05) is 25.0 Å². The van der Waals surface area contributed by atoms with Crippen LogP contribution in [0.4, 0.5) is 4.39 Å². The van der Waals surface area contributed by atoms with E-state index in [0.29, 0.717) is 0 Å². The van der Waals surface area contributed by atoms with E-state index in [-0.39, 0.29) is 17.5 Å². The van der Waals surface area contributed by atoms with Crippen molar-refractivity contribution in [3.05, 3.63) is 29.8 Å². The average Bonchev–Trinajstić information content (AvgIpc) is 2.35. The summed E-state index contributed by atoms with van der Waals surface area (Å²) in [5.41, 5.74) is 0.0852. The Kier molecular flexibility index (Phi) is 5.41. The highest BCUT2D eigenvalue weighted by Crippen LogP contribution is 2.14. The molecular formula is C12H17FN2OS. The molecule has 17 heavy (non-hydrogen) atoms. The van der Waals surface area contributed by atoms with Crippen molar-refractivity contribution in [2.45, 2.75) is 19.4 Å². The van der Waals surface area contributed by atoms with Gasteiger partial charge in [0.05, 0.1) is 11.8 Å². The smallest absolute Gasteiger partial charge is 0.256 e. The van der Waals surface area contributed by atoms with Gasteiger partial charge in [0.25, 0.3) is 5.91 Å². The second-order valence-corrected chi connectivity index (χ2v) is 4.70. The standard InChI is InChI=1S/C12H17FN2OS/c1-4-9(8-17-3)15(2)12(16)10-5-6-14-7-11(10)13/h5-7,9H,4,8H2,1-3H3. The summed E-state index contributed by atoms with van der Waals surface area (Å²) >= 11 is 1.68. The molecule has 0 N–H and O–H groups in total. The molecule has 1 aromatic heterocycles. The van der Waals surface area contributed by atoms with Crippen LogP contribution in [-0.4, -0.2) is 40.9 Å². The summed E-state index contributed by atoms with van der Waals surface area (Å²) in [4.78, 5) is 17.3. The van der Waals surface area contributed by atoms with Crippen molar-refractivity contribution in [3.8, 4) is 0 Å². The van der Waals surface area contributed by atoms with E-state index in [4.69, 9.17) is 0 Å². The number of amides is 1.